The van der Waals surface area contributed by atoms with Crippen LogP contribution >= 0.6 is 0 Å². The molecule has 0 amide bonds. The van der Waals surface area contributed by atoms with Gasteiger partial charge in [0.1, 0.15) is 0 Å². The molecular formula is C12H20N2O. The van der Waals surface area contributed by atoms with Gasteiger partial charge in [-0.15, -0.1) is 0 Å². The van der Waals surface area contributed by atoms with Crippen molar-refractivity contribution < 1.29 is 5.11 Å². The Morgan fingerprint density at radius 3 is 2.80 bits per heavy atom. The highest BCUT2D eigenvalue weighted by Crippen LogP contribution is 2.30. The molecule has 0 aliphatic rings. The summed E-state index contributed by atoms with van der Waals surface area (Å²) in [6, 6.07) is 1.73. The molecule has 1 aromatic rings. The fourth-order valence-electron chi connectivity index (χ4n) is 1.71. The van der Waals surface area contributed by atoms with Crippen LogP contribution in [0.4, 0.5) is 5.69 Å². The van der Waals surface area contributed by atoms with E-state index in [9.17, 15) is 5.11 Å². The highest BCUT2D eigenvalue weighted by Gasteiger charge is 2.24. The molecule has 1 unspecified atom stereocenters. The van der Waals surface area contributed by atoms with Crippen molar-refractivity contribution in [2.45, 2.75) is 45.1 Å². The van der Waals surface area contributed by atoms with Gasteiger partial charge in [0.05, 0.1) is 5.60 Å². The molecular weight excluding hydrogens is 188 g/mol. The molecule has 3 heteroatoms. The van der Waals surface area contributed by atoms with E-state index in [1.54, 1.807) is 25.4 Å². The van der Waals surface area contributed by atoms with Crippen LogP contribution in [0.5, 0.6) is 0 Å². The standard InChI is InChI=1S/C12H20N2O/c1-3-4-5-7-12(2,15)10-9-14-8-6-11(10)13/h6,8-9,15H,3-5,7H2,1-2H3,(H2,13,14). The summed E-state index contributed by atoms with van der Waals surface area (Å²) in [4.78, 5) is 4.00. The smallest absolute Gasteiger partial charge is 0.0903 e. The van der Waals surface area contributed by atoms with Crippen molar-refractivity contribution in [1.29, 1.82) is 0 Å². The van der Waals surface area contributed by atoms with E-state index in [1.807, 2.05) is 0 Å². The topological polar surface area (TPSA) is 59.1 Å². The number of hydrogen-bond acceptors (Lipinski definition) is 3. The van der Waals surface area contributed by atoms with Crippen molar-refractivity contribution in [1.82, 2.24) is 4.98 Å². The average molecular weight is 208 g/mol. The van der Waals surface area contributed by atoms with Crippen LogP contribution < -0.4 is 5.73 Å². The van der Waals surface area contributed by atoms with Gasteiger partial charge in [0.25, 0.3) is 0 Å². The maximum Gasteiger partial charge on any atom is 0.0903 e. The van der Waals surface area contributed by atoms with Crippen LogP contribution in [-0.4, -0.2) is 10.1 Å². The molecule has 0 spiro atoms. The lowest BCUT2D eigenvalue weighted by molar-refractivity contribution is 0.0454. The quantitative estimate of drug-likeness (QED) is 0.731. The number of aromatic nitrogens is 1. The average Bonchev–Trinajstić information content (AvgIpc) is 2.18. The van der Waals surface area contributed by atoms with E-state index in [2.05, 4.69) is 11.9 Å². The predicted molar refractivity (Wildman–Crippen MR) is 62.4 cm³/mol. The number of anilines is 1. The lowest BCUT2D eigenvalue weighted by Gasteiger charge is -2.24. The van der Waals surface area contributed by atoms with Gasteiger partial charge in [-0.05, 0) is 19.4 Å². The van der Waals surface area contributed by atoms with Gasteiger partial charge in [-0.3, -0.25) is 4.98 Å². The molecule has 0 aromatic carbocycles. The van der Waals surface area contributed by atoms with E-state index in [0.717, 1.165) is 31.2 Å². The third kappa shape index (κ3) is 3.20. The first-order valence-corrected chi connectivity index (χ1v) is 5.50. The Kier molecular flexibility index (Phi) is 4.09. The molecule has 0 fully saturated rings. The Balaban J connectivity index is 2.72. The van der Waals surface area contributed by atoms with Gasteiger partial charge in [0, 0.05) is 23.6 Å². The number of aliphatic hydroxyl groups is 1. The van der Waals surface area contributed by atoms with Crippen LogP contribution in [0.25, 0.3) is 0 Å². The molecule has 0 aliphatic carbocycles. The van der Waals surface area contributed by atoms with Crippen molar-refractivity contribution in [3.63, 3.8) is 0 Å². The number of nitrogens with zero attached hydrogens (tertiary/aromatic N) is 1. The summed E-state index contributed by atoms with van der Waals surface area (Å²) >= 11 is 0. The van der Waals surface area contributed by atoms with Crippen LogP contribution in [0.2, 0.25) is 0 Å². The molecule has 0 bridgehead atoms. The summed E-state index contributed by atoms with van der Waals surface area (Å²) in [6.45, 7) is 3.95. The predicted octanol–water partition coefficient (Wildman–Crippen LogP) is 2.45. The van der Waals surface area contributed by atoms with Gasteiger partial charge in [-0.25, -0.2) is 0 Å². The maximum absolute atomic E-state index is 10.3. The Hall–Kier alpha value is -1.09. The van der Waals surface area contributed by atoms with E-state index in [0.29, 0.717) is 5.69 Å². The molecule has 1 atom stereocenters. The normalized spacial score (nSPS) is 14.9. The number of nitrogen functional groups attached to an aromatic ring is 1. The molecule has 1 rings (SSSR count). The minimum Gasteiger partial charge on any atom is -0.398 e. The first-order chi connectivity index (χ1) is 7.08. The van der Waals surface area contributed by atoms with Crippen molar-refractivity contribution in [3.8, 4) is 0 Å². The number of rotatable bonds is 5. The monoisotopic (exact) mass is 208 g/mol. The summed E-state index contributed by atoms with van der Waals surface area (Å²) in [5.41, 5.74) is 6.31. The van der Waals surface area contributed by atoms with Crippen molar-refractivity contribution in [2.75, 3.05) is 5.73 Å². The maximum atomic E-state index is 10.3. The summed E-state index contributed by atoms with van der Waals surface area (Å²) < 4.78 is 0. The van der Waals surface area contributed by atoms with E-state index >= 15 is 0 Å². The lowest BCUT2D eigenvalue weighted by Crippen LogP contribution is -2.22. The Labute approximate surface area is 91.3 Å². The molecule has 3 nitrogen and oxygen atoms in total. The first kappa shape index (κ1) is 12.0. The highest BCUT2D eigenvalue weighted by atomic mass is 16.3. The number of pyridine rings is 1. The van der Waals surface area contributed by atoms with E-state index < -0.39 is 5.60 Å². The molecule has 0 radical (unpaired) electrons. The zero-order valence-electron chi connectivity index (χ0n) is 9.53. The Morgan fingerprint density at radius 1 is 1.47 bits per heavy atom. The lowest BCUT2D eigenvalue weighted by atomic mass is 9.90. The van der Waals surface area contributed by atoms with E-state index in [4.69, 9.17) is 5.73 Å². The number of unbranched alkanes of at least 4 members (excludes halogenated alkanes) is 2. The minimum absolute atomic E-state index is 0.617. The van der Waals surface area contributed by atoms with Gasteiger partial charge in [-0.1, -0.05) is 26.2 Å². The molecule has 0 saturated heterocycles. The first-order valence-electron chi connectivity index (χ1n) is 5.50. The van der Waals surface area contributed by atoms with Crippen LogP contribution in [0.3, 0.4) is 0 Å². The highest BCUT2D eigenvalue weighted by molar-refractivity contribution is 5.47. The van der Waals surface area contributed by atoms with E-state index in [-0.39, 0.29) is 0 Å². The SMILES string of the molecule is CCCCCC(C)(O)c1cnccc1N. The molecule has 1 aromatic heterocycles. The fraction of sp³-hybridized carbons (Fsp3) is 0.583. The minimum atomic E-state index is -0.854. The third-order valence-corrected chi connectivity index (χ3v) is 2.70. The van der Waals surface area contributed by atoms with Crippen LogP contribution in [0, 0.1) is 0 Å². The summed E-state index contributed by atoms with van der Waals surface area (Å²) in [6.07, 6.45) is 7.33. The third-order valence-electron chi connectivity index (χ3n) is 2.70. The van der Waals surface area contributed by atoms with Crippen LogP contribution in [0.1, 0.15) is 45.1 Å². The largest absolute Gasteiger partial charge is 0.398 e. The van der Waals surface area contributed by atoms with Crippen LogP contribution in [0.15, 0.2) is 18.5 Å². The van der Waals surface area contributed by atoms with Gasteiger partial charge in [0.15, 0.2) is 0 Å². The molecule has 84 valence electrons. The Morgan fingerprint density at radius 2 is 2.20 bits per heavy atom. The summed E-state index contributed by atoms with van der Waals surface area (Å²) in [5, 5.41) is 10.3. The fourth-order valence-corrected chi connectivity index (χ4v) is 1.71. The van der Waals surface area contributed by atoms with Crippen molar-refractivity contribution in [2.24, 2.45) is 0 Å². The molecule has 0 aliphatic heterocycles. The van der Waals surface area contributed by atoms with Gasteiger partial charge < -0.3 is 10.8 Å². The number of nitrogens with two attached hydrogens (primary N) is 1. The second-order valence-corrected chi connectivity index (χ2v) is 4.19. The van der Waals surface area contributed by atoms with Crippen LogP contribution in [-0.2, 0) is 5.60 Å². The molecule has 15 heavy (non-hydrogen) atoms. The summed E-state index contributed by atoms with van der Waals surface area (Å²) in [7, 11) is 0. The second-order valence-electron chi connectivity index (χ2n) is 4.19. The second kappa shape index (κ2) is 5.12. The zero-order chi connectivity index (χ0) is 11.3. The molecule has 3 N–H and O–H groups in total. The molecule has 0 saturated carbocycles. The van der Waals surface area contributed by atoms with Crippen molar-refractivity contribution >= 4 is 5.69 Å². The Bertz CT molecular complexity index is 310. The van der Waals surface area contributed by atoms with Gasteiger partial charge >= 0.3 is 0 Å². The van der Waals surface area contributed by atoms with E-state index in [1.165, 1.54) is 0 Å². The number of hydrogen-bond donors (Lipinski definition) is 2. The molecule has 1 heterocycles. The van der Waals surface area contributed by atoms with Gasteiger partial charge in [-0.2, -0.15) is 0 Å². The summed E-state index contributed by atoms with van der Waals surface area (Å²) in [5.74, 6) is 0. The van der Waals surface area contributed by atoms with Gasteiger partial charge in [0.2, 0.25) is 0 Å². The zero-order valence-corrected chi connectivity index (χ0v) is 9.53. The van der Waals surface area contributed by atoms with Crippen molar-refractivity contribution in [3.05, 3.63) is 24.0 Å².